The van der Waals surface area contributed by atoms with Gasteiger partial charge in [0.2, 0.25) is 11.6 Å². The number of nitrogens with zero attached hydrogens (tertiary/aromatic N) is 2. The maximum Gasteiger partial charge on any atom is 0.229 e. The van der Waals surface area contributed by atoms with Crippen LogP contribution in [0.3, 0.4) is 0 Å². The largest absolute Gasteiger partial charge is 0.367 e. The number of allylic oxidation sites excluding steroid dienone is 2. The van der Waals surface area contributed by atoms with E-state index in [9.17, 15) is 9.59 Å². The summed E-state index contributed by atoms with van der Waals surface area (Å²) >= 11 is 6.67. The van der Waals surface area contributed by atoms with Gasteiger partial charge in [0.25, 0.3) is 0 Å². The molecule has 0 spiro atoms. The van der Waals surface area contributed by atoms with E-state index in [4.69, 9.17) is 0 Å². The predicted molar refractivity (Wildman–Crippen MR) is 86.7 cm³/mol. The number of carbonyl (C=O) groups is 2. The number of hydrogen-bond acceptors (Lipinski definition) is 4. The van der Waals surface area contributed by atoms with Crippen molar-refractivity contribution in [2.24, 2.45) is 0 Å². The fourth-order valence-electron chi connectivity index (χ4n) is 2.77. The zero-order valence-corrected chi connectivity index (χ0v) is 14.8. The van der Waals surface area contributed by atoms with Crippen LogP contribution in [0.25, 0.3) is 0 Å². The second kappa shape index (κ2) is 5.65. The van der Waals surface area contributed by atoms with Crippen molar-refractivity contribution in [1.29, 1.82) is 0 Å². The SMILES string of the molecule is Cc1cc2c(nc1Br)C(=O)C(N1CCCCC1)=C(Br)C2=O. The van der Waals surface area contributed by atoms with Crippen molar-refractivity contribution < 1.29 is 9.59 Å². The highest BCUT2D eigenvalue weighted by atomic mass is 79.9. The smallest absolute Gasteiger partial charge is 0.229 e. The van der Waals surface area contributed by atoms with Gasteiger partial charge in [-0.05, 0) is 69.7 Å². The van der Waals surface area contributed by atoms with Crippen LogP contribution < -0.4 is 0 Å². The Morgan fingerprint density at radius 1 is 1.10 bits per heavy atom. The second-order valence-corrected chi connectivity index (χ2v) is 6.90. The molecule has 1 fully saturated rings. The van der Waals surface area contributed by atoms with Gasteiger partial charge in [0.05, 0.1) is 10.0 Å². The molecule has 6 heteroatoms. The molecule has 0 bridgehead atoms. The molecule has 3 rings (SSSR count). The number of ketones is 2. The fraction of sp³-hybridized carbons (Fsp3) is 0.400. The summed E-state index contributed by atoms with van der Waals surface area (Å²) in [5.74, 6) is -0.327. The molecule has 0 amide bonds. The fourth-order valence-corrected chi connectivity index (χ4v) is 3.71. The maximum atomic E-state index is 12.8. The van der Waals surface area contributed by atoms with E-state index in [-0.39, 0.29) is 17.3 Å². The van der Waals surface area contributed by atoms with Gasteiger partial charge >= 0.3 is 0 Å². The van der Waals surface area contributed by atoms with Gasteiger partial charge < -0.3 is 4.90 Å². The summed E-state index contributed by atoms with van der Waals surface area (Å²) in [4.78, 5) is 31.6. The summed E-state index contributed by atoms with van der Waals surface area (Å²) in [7, 11) is 0. The quantitative estimate of drug-likeness (QED) is 0.659. The average Bonchev–Trinajstić information content (AvgIpc) is 2.48. The van der Waals surface area contributed by atoms with Crippen LogP contribution in [0.4, 0.5) is 0 Å². The molecule has 0 atom stereocenters. The molecule has 0 aromatic carbocycles. The van der Waals surface area contributed by atoms with Crippen molar-refractivity contribution in [2.45, 2.75) is 26.2 Å². The number of aromatic nitrogens is 1. The first-order chi connectivity index (χ1) is 10.0. The van der Waals surface area contributed by atoms with Crippen molar-refractivity contribution in [3.8, 4) is 0 Å². The predicted octanol–water partition coefficient (Wildman–Crippen LogP) is 3.62. The minimum absolute atomic E-state index is 0.159. The van der Waals surface area contributed by atoms with Gasteiger partial charge in [0.15, 0.2) is 0 Å². The molecule has 0 radical (unpaired) electrons. The zero-order chi connectivity index (χ0) is 15.1. The normalized spacial score (nSPS) is 19.1. The summed E-state index contributed by atoms with van der Waals surface area (Å²) in [6.07, 6.45) is 3.26. The Bertz CT molecular complexity index is 676. The van der Waals surface area contributed by atoms with Crippen LogP contribution in [0.2, 0.25) is 0 Å². The van der Waals surface area contributed by atoms with E-state index in [1.165, 1.54) is 6.42 Å². The number of hydrogen-bond donors (Lipinski definition) is 0. The number of halogens is 2. The summed E-state index contributed by atoms with van der Waals surface area (Å²) < 4.78 is 0.976. The number of pyridine rings is 1. The third-order valence-electron chi connectivity index (χ3n) is 3.91. The highest BCUT2D eigenvalue weighted by Gasteiger charge is 2.36. The Kier molecular flexibility index (Phi) is 4.01. The lowest BCUT2D eigenvalue weighted by Crippen LogP contribution is -2.37. The highest BCUT2D eigenvalue weighted by Crippen LogP contribution is 2.33. The molecule has 2 heterocycles. The molecule has 1 saturated heterocycles. The molecule has 1 aromatic heterocycles. The summed E-state index contributed by atoms with van der Waals surface area (Å²) in [6.45, 7) is 3.48. The molecule has 0 saturated carbocycles. The van der Waals surface area contributed by atoms with Crippen LogP contribution in [-0.4, -0.2) is 34.5 Å². The Balaban J connectivity index is 2.11. The molecule has 0 N–H and O–H groups in total. The van der Waals surface area contributed by atoms with Crippen LogP contribution in [-0.2, 0) is 0 Å². The van der Waals surface area contributed by atoms with Gasteiger partial charge in [0.1, 0.15) is 16.0 Å². The topological polar surface area (TPSA) is 50.3 Å². The number of carbonyl (C=O) groups excluding carboxylic acids is 2. The monoisotopic (exact) mass is 412 g/mol. The molecule has 21 heavy (non-hydrogen) atoms. The standard InChI is InChI=1S/C15H14Br2N2O2/c1-8-7-9-11(18-15(8)17)14(21)12(10(16)13(9)20)19-5-3-2-4-6-19/h7H,2-6H2,1H3. The Morgan fingerprint density at radius 2 is 1.76 bits per heavy atom. The molecular weight excluding hydrogens is 400 g/mol. The molecule has 1 aromatic rings. The van der Waals surface area contributed by atoms with Gasteiger partial charge in [-0.25, -0.2) is 4.98 Å². The van der Waals surface area contributed by atoms with E-state index >= 15 is 0 Å². The van der Waals surface area contributed by atoms with Gasteiger partial charge in [-0.2, -0.15) is 0 Å². The molecule has 1 aliphatic heterocycles. The highest BCUT2D eigenvalue weighted by molar-refractivity contribution is 9.12. The van der Waals surface area contributed by atoms with Crippen molar-refractivity contribution in [3.63, 3.8) is 0 Å². The summed E-state index contributed by atoms with van der Waals surface area (Å²) in [5, 5.41) is 0. The van der Waals surface area contributed by atoms with Crippen LogP contribution in [0.15, 0.2) is 20.8 Å². The Labute approximate surface area is 139 Å². The number of Topliss-reactive ketones (excluding diaryl/α,β-unsaturated/α-hetero) is 2. The van der Waals surface area contributed by atoms with E-state index in [1.54, 1.807) is 6.07 Å². The van der Waals surface area contributed by atoms with E-state index in [1.807, 2.05) is 11.8 Å². The van der Waals surface area contributed by atoms with Crippen LogP contribution >= 0.6 is 31.9 Å². The summed E-state index contributed by atoms with van der Waals surface area (Å²) in [6, 6.07) is 1.72. The van der Waals surface area contributed by atoms with E-state index in [2.05, 4.69) is 36.8 Å². The van der Waals surface area contributed by atoms with Crippen molar-refractivity contribution in [1.82, 2.24) is 9.88 Å². The summed E-state index contributed by atoms with van der Waals surface area (Å²) in [5.41, 5.74) is 1.95. The number of likely N-dealkylation sites (tertiary alicyclic amines) is 1. The van der Waals surface area contributed by atoms with E-state index in [0.717, 1.165) is 31.5 Å². The van der Waals surface area contributed by atoms with Crippen molar-refractivity contribution in [3.05, 3.63) is 37.7 Å². The van der Waals surface area contributed by atoms with Gasteiger partial charge in [-0.15, -0.1) is 0 Å². The first-order valence-electron chi connectivity index (χ1n) is 6.92. The second-order valence-electron chi connectivity index (χ2n) is 5.36. The maximum absolute atomic E-state index is 12.8. The molecule has 0 unspecified atom stereocenters. The molecule has 4 nitrogen and oxygen atoms in total. The minimum atomic E-state index is -0.168. The number of rotatable bonds is 1. The lowest BCUT2D eigenvalue weighted by molar-refractivity contribution is 0.0936. The van der Waals surface area contributed by atoms with Crippen molar-refractivity contribution in [2.75, 3.05) is 13.1 Å². The molecule has 2 aliphatic rings. The van der Waals surface area contributed by atoms with Crippen molar-refractivity contribution >= 4 is 43.4 Å². The third-order valence-corrected chi connectivity index (χ3v) is 5.44. The number of piperidine rings is 1. The first-order valence-corrected chi connectivity index (χ1v) is 8.50. The zero-order valence-electron chi connectivity index (χ0n) is 11.6. The number of aryl methyl sites for hydroxylation is 1. The lowest BCUT2D eigenvalue weighted by atomic mass is 9.94. The minimum Gasteiger partial charge on any atom is -0.367 e. The van der Waals surface area contributed by atoms with Crippen LogP contribution in [0.5, 0.6) is 0 Å². The van der Waals surface area contributed by atoms with Crippen LogP contribution in [0, 0.1) is 6.92 Å². The lowest BCUT2D eigenvalue weighted by Gasteiger charge is -2.32. The van der Waals surface area contributed by atoms with Gasteiger partial charge in [0, 0.05) is 13.1 Å². The molecule has 1 aliphatic carbocycles. The van der Waals surface area contributed by atoms with Gasteiger partial charge in [-0.3, -0.25) is 9.59 Å². The van der Waals surface area contributed by atoms with E-state index in [0.29, 0.717) is 20.3 Å². The molecule has 110 valence electrons. The average molecular weight is 414 g/mol. The van der Waals surface area contributed by atoms with Gasteiger partial charge in [-0.1, -0.05) is 0 Å². The Morgan fingerprint density at radius 3 is 2.43 bits per heavy atom. The van der Waals surface area contributed by atoms with Crippen LogP contribution in [0.1, 0.15) is 45.7 Å². The first kappa shape index (κ1) is 14.9. The molecular formula is C15H14Br2N2O2. The van der Waals surface area contributed by atoms with E-state index < -0.39 is 0 Å². The third kappa shape index (κ3) is 2.48. The Hall–Kier alpha value is -1.01. The number of fused-ring (bicyclic) bond motifs is 1.